The highest BCUT2D eigenvalue weighted by molar-refractivity contribution is 6.03. The number of urea groups is 1. The Balaban J connectivity index is 1.28. The van der Waals surface area contributed by atoms with Crippen LogP contribution >= 0.6 is 0 Å². The number of anilines is 2. The van der Waals surface area contributed by atoms with Gasteiger partial charge in [0, 0.05) is 17.9 Å². The van der Waals surface area contributed by atoms with E-state index in [2.05, 4.69) is 20.6 Å². The topological polar surface area (TPSA) is 103 Å². The van der Waals surface area contributed by atoms with Crippen molar-refractivity contribution in [3.63, 3.8) is 0 Å². The molecule has 3 amide bonds. The third-order valence-electron chi connectivity index (χ3n) is 5.71. The van der Waals surface area contributed by atoms with Gasteiger partial charge in [-0.15, -0.1) is 0 Å². The number of benzene rings is 2. The molecule has 8 heteroatoms. The first-order valence-electron chi connectivity index (χ1n) is 10.6. The predicted octanol–water partition coefficient (Wildman–Crippen LogP) is 5.09. The van der Waals surface area contributed by atoms with Gasteiger partial charge in [-0.2, -0.15) is 0 Å². The van der Waals surface area contributed by atoms with Gasteiger partial charge in [0.2, 0.25) is 0 Å². The van der Waals surface area contributed by atoms with Crippen molar-refractivity contribution in [2.24, 2.45) is 0 Å². The maximum Gasteiger partial charge on any atom is 0.322 e. The number of H-pyrrole nitrogens is 1. The molecule has 1 aliphatic rings. The van der Waals surface area contributed by atoms with Crippen LogP contribution in [0.15, 0.2) is 65.3 Å². The van der Waals surface area contributed by atoms with Crippen LogP contribution in [-0.2, 0) is 0 Å². The van der Waals surface area contributed by atoms with Gasteiger partial charge in [-0.1, -0.05) is 12.1 Å². The van der Waals surface area contributed by atoms with Gasteiger partial charge in [-0.05, 0) is 67.8 Å². The van der Waals surface area contributed by atoms with Gasteiger partial charge < -0.3 is 24.9 Å². The molecule has 0 spiro atoms. The molecule has 1 saturated heterocycles. The minimum atomic E-state index is -0.319. The van der Waals surface area contributed by atoms with E-state index in [4.69, 9.17) is 4.42 Å². The molecule has 2 aromatic carbocycles. The van der Waals surface area contributed by atoms with Gasteiger partial charge in [0.1, 0.15) is 5.82 Å². The number of carbonyl (C=O) groups excluding carboxylic acids is 2. The molecule has 0 aliphatic carbocycles. The van der Waals surface area contributed by atoms with Crippen LogP contribution in [0.1, 0.15) is 40.8 Å². The maximum absolute atomic E-state index is 13.0. The van der Waals surface area contributed by atoms with E-state index in [0.29, 0.717) is 17.9 Å². The Labute approximate surface area is 184 Å². The van der Waals surface area contributed by atoms with Crippen molar-refractivity contribution in [1.29, 1.82) is 0 Å². The lowest BCUT2D eigenvalue weighted by Gasteiger charge is -2.23. The number of hydrogen-bond donors (Lipinski definition) is 3. The molecular weight excluding hydrogens is 406 g/mol. The third kappa shape index (κ3) is 3.82. The number of carbonyl (C=O) groups is 2. The van der Waals surface area contributed by atoms with Gasteiger partial charge >= 0.3 is 6.03 Å². The van der Waals surface area contributed by atoms with E-state index in [-0.39, 0.29) is 23.7 Å². The van der Waals surface area contributed by atoms with Crippen LogP contribution in [0.25, 0.3) is 11.0 Å². The average molecular weight is 429 g/mol. The summed E-state index contributed by atoms with van der Waals surface area (Å²) in [7, 11) is 0. The Kier molecular flexibility index (Phi) is 5.10. The molecule has 4 aromatic rings. The summed E-state index contributed by atoms with van der Waals surface area (Å²) in [4.78, 5) is 35.1. The highest BCUT2D eigenvalue weighted by Crippen LogP contribution is 2.32. The Hall–Kier alpha value is -4.07. The van der Waals surface area contributed by atoms with E-state index in [1.54, 1.807) is 24.3 Å². The lowest BCUT2D eigenvalue weighted by molar-refractivity contribution is 0.0996. The largest absolute Gasteiger partial charge is 0.459 e. The van der Waals surface area contributed by atoms with Crippen molar-refractivity contribution in [3.8, 4) is 0 Å². The Morgan fingerprint density at radius 1 is 1.12 bits per heavy atom. The molecule has 8 nitrogen and oxygen atoms in total. The number of aromatic amines is 1. The number of aryl methyl sites for hydroxylation is 1. The van der Waals surface area contributed by atoms with Crippen LogP contribution in [0, 0.1) is 6.92 Å². The van der Waals surface area contributed by atoms with Crippen molar-refractivity contribution in [3.05, 3.63) is 78.0 Å². The second-order valence-electron chi connectivity index (χ2n) is 7.88. The summed E-state index contributed by atoms with van der Waals surface area (Å²) in [6.45, 7) is 2.55. The van der Waals surface area contributed by atoms with Crippen molar-refractivity contribution in [2.75, 3.05) is 17.2 Å². The second kappa shape index (κ2) is 8.22. The third-order valence-corrected chi connectivity index (χ3v) is 5.71. The number of rotatable bonds is 4. The van der Waals surface area contributed by atoms with Gasteiger partial charge in [0.05, 0.1) is 23.3 Å². The number of nitrogens with one attached hydrogen (secondary N) is 3. The summed E-state index contributed by atoms with van der Waals surface area (Å²) in [5, 5.41) is 5.80. The summed E-state index contributed by atoms with van der Waals surface area (Å²) in [5.74, 6) is 0.735. The van der Waals surface area contributed by atoms with Crippen molar-refractivity contribution >= 4 is 34.3 Å². The molecule has 1 fully saturated rings. The summed E-state index contributed by atoms with van der Waals surface area (Å²) in [5.41, 5.74) is 4.03. The Morgan fingerprint density at radius 2 is 2.00 bits per heavy atom. The number of fused-ring (bicyclic) bond motifs is 1. The minimum absolute atomic E-state index is 0.0876. The SMILES string of the molecule is Cc1cc(NC(=O)N2CCCC2c2nc3ccccc3[nH]2)ccc1NC(=O)c1ccco1. The van der Waals surface area contributed by atoms with Gasteiger partial charge in [-0.3, -0.25) is 4.79 Å². The van der Waals surface area contributed by atoms with E-state index in [0.717, 1.165) is 35.3 Å². The number of furan rings is 1. The van der Waals surface area contributed by atoms with Crippen LogP contribution in [0.4, 0.5) is 16.2 Å². The van der Waals surface area contributed by atoms with E-state index in [1.165, 1.54) is 6.26 Å². The number of nitrogens with zero attached hydrogens (tertiary/aromatic N) is 2. The van der Waals surface area contributed by atoms with E-state index < -0.39 is 0 Å². The summed E-state index contributed by atoms with van der Waals surface area (Å²) < 4.78 is 5.12. The van der Waals surface area contributed by atoms with Crippen molar-refractivity contribution < 1.29 is 14.0 Å². The molecule has 162 valence electrons. The zero-order valence-corrected chi connectivity index (χ0v) is 17.6. The molecule has 3 N–H and O–H groups in total. The quantitative estimate of drug-likeness (QED) is 0.421. The van der Waals surface area contributed by atoms with Gasteiger partial charge in [0.25, 0.3) is 5.91 Å². The Bertz CT molecular complexity index is 1250. The van der Waals surface area contributed by atoms with E-state index in [9.17, 15) is 9.59 Å². The predicted molar refractivity (Wildman–Crippen MR) is 122 cm³/mol. The molecule has 0 bridgehead atoms. The lowest BCUT2D eigenvalue weighted by atomic mass is 10.1. The first-order valence-corrected chi connectivity index (χ1v) is 10.6. The molecule has 0 radical (unpaired) electrons. The van der Waals surface area contributed by atoms with Crippen molar-refractivity contribution in [2.45, 2.75) is 25.8 Å². The second-order valence-corrected chi connectivity index (χ2v) is 7.88. The number of amides is 3. The standard InChI is InChI=1S/C24H23N5O3/c1-15-14-16(10-11-17(15)28-23(30)21-9-5-13-32-21)25-24(31)29-12-4-8-20(29)22-26-18-6-2-3-7-19(18)27-22/h2-3,5-7,9-11,13-14,20H,4,8,12H2,1H3,(H,25,31)(H,26,27)(H,28,30). The molecule has 1 atom stereocenters. The van der Waals surface area contributed by atoms with Gasteiger partial charge in [0.15, 0.2) is 5.76 Å². The molecular formula is C24H23N5O3. The van der Waals surface area contributed by atoms with Crippen LogP contribution < -0.4 is 10.6 Å². The lowest BCUT2D eigenvalue weighted by Crippen LogP contribution is -2.34. The van der Waals surface area contributed by atoms with Crippen LogP contribution in [0.2, 0.25) is 0 Å². The number of likely N-dealkylation sites (tertiary alicyclic amines) is 1. The van der Waals surface area contributed by atoms with Crippen LogP contribution in [-0.4, -0.2) is 33.4 Å². The van der Waals surface area contributed by atoms with E-state index in [1.807, 2.05) is 42.2 Å². The summed E-state index contributed by atoms with van der Waals surface area (Å²) in [6, 6.07) is 16.3. The van der Waals surface area contributed by atoms with Crippen molar-refractivity contribution in [1.82, 2.24) is 14.9 Å². The summed E-state index contributed by atoms with van der Waals surface area (Å²) >= 11 is 0. The zero-order valence-electron chi connectivity index (χ0n) is 17.6. The first kappa shape index (κ1) is 19.9. The average Bonchev–Trinajstić information content (AvgIpc) is 3.54. The van der Waals surface area contributed by atoms with Gasteiger partial charge in [-0.25, -0.2) is 9.78 Å². The normalized spacial score (nSPS) is 15.8. The molecule has 3 heterocycles. The van der Waals surface area contributed by atoms with Crippen LogP contribution in [0.3, 0.4) is 0 Å². The van der Waals surface area contributed by atoms with Crippen LogP contribution in [0.5, 0.6) is 0 Å². The smallest absolute Gasteiger partial charge is 0.322 e. The fourth-order valence-electron chi connectivity index (χ4n) is 4.09. The number of hydrogen-bond acceptors (Lipinski definition) is 4. The fourth-order valence-corrected chi connectivity index (χ4v) is 4.09. The molecule has 5 rings (SSSR count). The molecule has 1 unspecified atom stereocenters. The molecule has 32 heavy (non-hydrogen) atoms. The fraction of sp³-hybridized carbons (Fsp3) is 0.208. The Morgan fingerprint density at radius 3 is 2.78 bits per heavy atom. The first-order chi connectivity index (χ1) is 15.6. The molecule has 2 aromatic heterocycles. The van der Waals surface area contributed by atoms with E-state index >= 15 is 0 Å². The minimum Gasteiger partial charge on any atom is -0.459 e. The number of para-hydroxylation sites is 2. The molecule has 0 saturated carbocycles. The highest BCUT2D eigenvalue weighted by Gasteiger charge is 2.32. The number of imidazole rings is 1. The zero-order chi connectivity index (χ0) is 22.1. The maximum atomic E-state index is 13.0. The summed E-state index contributed by atoms with van der Waals surface area (Å²) in [6.07, 6.45) is 3.24. The molecule has 1 aliphatic heterocycles. The highest BCUT2D eigenvalue weighted by atomic mass is 16.3. The monoisotopic (exact) mass is 429 g/mol. The number of aromatic nitrogens is 2.